The molecule has 0 aliphatic rings. The van der Waals surface area contributed by atoms with Crippen LogP contribution in [0.5, 0.6) is 0 Å². The van der Waals surface area contributed by atoms with Crippen molar-refractivity contribution < 1.29 is 4.39 Å². The molecule has 0 unspecified atom stereocenters. The highest BCUT2D eigenvalue weighted by Crippen LogP contribution is 2.21. The number of alkyl halides is 1. The monoisotopic (exact) mass is 171 g/mol. The van der Waals surface area contributed by atoms with Crippen molar-refractivity contribution in [3.8, 4) is 0 Å². The predicted octanol–water partition coefficient (Wildman–Crippen LogP) is 3.16. The number of aliphatic imine (C=N–C) groups is 1. The van der Waals surface area contributed by atoms with E-state index in [1.807, 2.05) is 19.9 Å². The first-order valence-corrected chi connectivity index (χ1v) is 4.35. The van der Waals surface area contributed by atoms with Crippen molar-refractivity contribution in [3.63, 3.8) is 0 Å². The summed E-state index contributed by atoms with van der Waals surface area (Å²) in [5.41, 5.74) is -0.502. The topological polar surface area (TPSA) is 12.4 Å². The van der Waals surface area contributed by atoms with E-state index in [1.165, 1.54) is 0 Å². The average molecular weight is 171 g/mol. The van der Waals surface area contributed by atoms with Crippen LogP contribution in [0.4, 0.5) is 4.39 Å². The van der Waals surface area contributed by atoms with Crippen LogP contribution in [-0.2, 0) is 0 Å². The minimum atomic E-state index is -1.28. The zero-order valence-corrected chi connectivity index (χ0v) is 8.39. The van der Waals surface area contributed by atoms with Gasteiger partial charge in [0.2, 0.25) is 0 Å². The molecule has 0 bridgehead atoms. The van der Waals surface area contributed by atoms with Gasteiger partial charge >= 0.3 is 0 Å². The molecule has 0 saturated heterocycles. The normalized spacial score (nSPS) is 18.2. The van der Waals surface area contributed by atoms with Crippen LogP contribution in [0, 0.1) is 0 Å². The number of nitrogens with zero attached hydrogens (tertiary/aromatic N) is 1. The molecule has 0 N–H and O–H groups in total. The number of hydrogen-bond donors (Lipinski definition) is 0. The Morgan fingerprint density at radius 1 is 1.58 bits per heavy atom. The van der Waals surface area contributed by atoms with Crippen molar-refractivity contribution in [2.24, 2.45) is 4.99 Å². The molecule has 0 amide bonds. The molecular weight excluding hydrogens is 153 g/mol. The van der Waals surface area contributed by atoms with Gasteiger partial charge in [0, 0.05) is 0 Å². The summed E-state index contributed by atoms with van der Waals surface area (Å²) < 4.78 is 13.7. The fourth-order valence-electron chi connectivity index (χ4n) is 0.906. The molecule has 0 aromatic carbocycles. The lowest BCUT2D eigenvalue weighted by Crippen LogP contribution is -2.23. The van der Waals surface area contributed by atoms with E-state index in [1.54, 1.807) is 20.1 Å². The number of halogens is 1. The molecule has 0 aliphatic carbocycles. The maximum absolute atomic E-state index is 13.7. The predicted molar refractivity (Wildman–Crippen MR) is 52.6 cm³/mol. The van der Waals surface area contributed by atoms with Crippen molar-refractivity contribution in [2.45, 2.75) is 39.8 Å². The highest BCUT2D eigenvalue weighted by molar-refractivity contribution is 5.53. The maximum Gasteiger partial charge on any atom is 0.148 e. The summed E-state index contributed by atoms with van der Waals surface area (Å²) in [5.74, 6) is 0. The Kier molecular flexibility index (Phi) is 4.79. The quantitative estimate of drug-likeness (QED) is 0.455. The molecule has 0 saturated carbocycles. The van der Waals surface area contributed by atoms with Crippen molar-refractivity contribution in [2.75, 3.05) is 6.54 Å². The summed E-state index contributed by atoms with van der Waals surface area (Å²) in [6, 6.07) is 0. The van der Waals surface area contributed by atoms with Crippen molar-refractivity contribution >= 4 is 6.21 Å². The molecule has 0 spiro atoms. The fourth-order valence-corrected chi connectivity index (χ4v) is 0.906. The van der Waals surface area contributed by atoms with Gasteiger partial charge in [-0.1, -0.05) is 13.0 Å². The molecule has 1 nitrogen and oxygen atoms in total. The van der Waals surface area contributed by atoms with Crippen LogP contribution in [0.15, 0.2) is 16.6 Å². The minimum Gasteiger partial charge on any atom is -0.294 e. The van der Waals surface area contributed by atoms with Crippen LogP contribution in [-0.4, -0.2) is 18.4 Å². The minimum absolute atomic E-state index is 0.228. The first-order chi connectivity index (χ1) is 5.54. The maximum atomic E-state index is 13.7. The van der Waals surface area contributed by atoms with Crippen LogP contribution in [0.3, 0.4) is 0 Å². The van der Waals surface area contributed by atoms with E-state index in [9.17, 15) is 4.39 Å². The van der Waals surface area contributed by atoms with Crippen molar-refractivity contribution in [1.29, 1.82) is 0 Å². The summed E-state index contributed by atoms with van der Waals surface area (Å²) in [7, 11) is 0. The van der Waals surface area contributed by atoms with Crippen LogP contribution < -0.4 is 0 Å². The van der Waals surface area contributed by atoms with Gasteiger partial charge in [-0.15, -0.1) is 0 Å². The summed E-state index contributed by atoms with van der Waals surface area (Å²) in [6.07, 6.45) is 4.42. The van der Waals surface area contributed by atoms with E-state index in [4.69, 9.17) is 0 Å². The molecule has 12 heavy (non-hydrogen) atoms. The summed E-state index contributed by atoms with van der Waals surface area (Å²) >= 11 is 0. The van der Waals surface area contributed by atoms with Gasteiger partial charge < -0.3 is 0 Å². The molecule has 0 rings (SSSR count). The first kappa shape index (κ1) is 11.3. The molecule has 0 radical (unpaired) electrons. The average Bonchev–Trinajstić information content (AvgIpc) is 2.01. The van der Waals surface area contributed by atoms with Gasteiger partial charge in [0.1, 0.15) is 5.67 Å². The summed E-state index contributed by atoms with van der Waals surface area (Å²) in [6.45, 7) is 7.42. The number of allylic oxidation sites excluding steroid dienone is 1. The smallest absolute Gasteiger partial charge is 0.148 e. The van der Waals surface area contributed by atoms with Gasteiger partial charge in [0.05, 0.1) is 6.54 Å². The second kappa shape index (κ2) is 5.07. The van der Waals surface area contributed by atoms with Crippen molar-refractivity contribution in [3.05, 3.63) is 11.6 Å². The SMILES string of the molecule is C/C=N/C[C@@](C)(F)/C(C)=C\CC. The van der Waals surface area contributed by atoms with E-state index in [0.29, 0.717) is 0 Å². The molecule has 0 heterocycles. The third-order valence-electron chi connectivity index (χ3n) is 1.90. The Hall–Kier alpha value is -0.660. The third-order valence-corrected chi connectivity index (χ3v) is 1.90. The Morgan fingerprint density at radius 3 is 2.58 bits per heavy atom. The zero-order chi connectivity index (χ0) is 9.61. The van der Waals surface area contributed by atoms with E-state index < -0.39 is 5.67 Å². The molecule has 0 aromatic heterocycles. The van der Waals surface area contributed by atoms with E-state index in [-0.39, 0.29) is 6.54 Å². The largest absolute Gasteiger partial charge is 0.294 e. The van der Waals surface area contributed by atoms with E-state index >= 15 is 0 Å². The standard InChI is InChI=1S/C10H18FN/c1-5-7-9(3)10(4,11)8-12-6-2/h6-7H,5,8H2,1-4H3/b9-7-,12-6+/t10-/m1/s1. The molecule has 1 atom stereocenters. The summed E-state index contributed by atoms with van der Waals surface area (Å²) in [5, 5.41) is 0. The van der Waals surface area contributed by atoms with Crippen LogP contribution >= 0.6 is 0 Å². The molecular formula is C10H18FN. The first-order valence-electron chi connectivity index (χ1n) is 4.35. The molecule has 2 heteroatoms. The van der Waals surface area contributed by atoms with Crippen LogP contribution in [0.2, 0.25) is 0 Å². The molecule has 0 aromatic rings. The highest BCUT2D eigenvalue weighted by Gasteiger charge is 2.23. The van der Waals surface area contributed by atoms with Gasteiger partial charge in [0.15, 0.2) is 0 Å². The second-order valence-electron chi connectivity index (χ2n) is 3.09. The molecule has 0 aliphatic heterocycles. The van der Waals surface area contributed by atoms with Crippen LogP contribution in [0.25, 0.3) is 0 Å². The highest BCUT2D eigenvalue weighted by atomic mass is 19.1. The Labute approximate surface area is 74.4 Å². The lowest BCUT2D eigenvalue weighted by Gasteiger charge is -2.18. The van der Waals surface area contributed by atoms with E-state index in [0.717, 1.165) is 12.0 Å². The number of hydrogen-bond acceptors (Lipinski definition) is 1. The van der Waals surface area contributed by atoms with Gasteiger partial charge in [-0.2, -0.15) is 0 Å². The fraction of sp³-hybridized carbons (Fsp3) is 0.700. The third kappa shape index (κ3) is 3.65. The lowest BCUT2D eigenvalue weighted by molar-refractivity contribution is 0.250. The zero-order valence-electron chi connectivity index (χ0n) is 8.39. The van der Waals surface area contributed by atoms with Gasteiger partial charge in [-0.25, -0.2) is 4.39 Å². The second-order valence-corrected chi connectivity index (χ2v) is 3.09. The van der Waals surface area contributed by atoms with Crippen molar-refractivity contribution in [1.82, 2.24) is 0 Å². The van der Waals surface area contributed by atoms with Gasteiger partial charge in [0.25, 0.3) is 0 Å². The number of rotatable bonds is 4. The van der Waals surface area contributed by atoms with Gasteiger partial charge in [-0.3, -0.25) is 4.99 Å². The van der Waals surface area contributed by atoms with Gasteiger partial charge in [-0.05, 0) is 39.0 Å². The summed E-state index contributed by atoms with van der Waals surface area (Å²) in [4.78, 5) is 3.91. The van der Waals surface area contributed by atoms with E-state index in [2.05, 4.69) is 4.99 Å². The Morgan fingerprint density at radius 2 is 2.17 bits per heavy atom. The Bertz CT molecular complexity index is 180. The molecule has 70 valence electrons. The lowest BCUT2D eigenvalue weighted by atomic mass is 9.98. The molecule has 0 fully saturated rings. The Balaban J connectivity index is 4.27. The van der Waals surface area contributed by atoms with Crippen LogP contribution in [0.1, 0.15) is 34.1 Å².